The van der Waals surface area contributed by atoms with E-state index in [0.717, 1.165) is 31.5 Å². The van der Waals surface area contributed by atoms with Gasteiger partial charge in [-0.2, -0.15) is 0 Å². The topological polar surface area (TPSA) is 73.6 Å². The molecule has 1 aromatic carbocycles. The average molecular weight is 315 g/mol. The summed E-state index contributed by atoms with van der Waals surface area (Å²) in [6.07, 6.45) is 2.16. The highest BCUT2D eigenvalue weighted by Gasteiger charge is 2.22. The van der Waals surface area contributed by atoms with Crippen LogP contribution in [0, 0.1) is 5.92 Å². The summed E-state index contributed by atoms with van der Waals surface area (Å²) in [7, 11) is 1.56. The third-order valence-electron chi connectivity index (χ3n) is 3.72. The van der Waals surface area contributed by atoms with E-state index in [9.17, 15) is 4.79 Å². The summed E-state index contributed by atoms with van der Waals surface area (Å²) in [5, 5.41) is 3.34. The number of halogens is 1. The van der Waals surface area contributed by atoms with Gasteiger partial charge in [0.2, 0.25) is 0 Å². The van der Waals surface area contributed by atoms with Crippen molar-refractivity contribution in [3.63, 3.8) is 0 Å². The third kappa shape index (κ3) is 4.59. The number of rotatable bonds is 4. The van der Waals surface area contributed by atoms with E-state index in [1.54, 1.807) is 13.2 Å². The molecular formula is C15H23ClN2O3. The van der Waals surface area contributed by atoms with Crippen LogP contribution in [-0.2, 0) is 4.79 Å². The molecule has 1 aliphatic rings. The monoisotopic (exact) mass is 314 g/mol. The van der Waals surface area contributed by atoms with E-state index >= 15 is 0 Å². The van der Waals surface area contributed by atoms with Crippen LogP contribution in [0.15, 0.2) is 18.2 Å². The summed E-state index contributed by atoms with van der Waals surface area (Å²) < 4.78 is 10.4. The van der Waals surface area contributed by atoms with Gasteiger partial charge in [0.05, 0.1) is 7.11 Å². The smallest absolute Gasteiger partial charge is 0.308 e. The van der Waals surface area contributed by atoms with E-state index in [2.05, 4.69) is 5.32 Å². The fourth-order valence-electron chi connectivity index (χ4n) is 2.61. The van der Waals surface area contributed by atoms with Gasteiger partial charge in [-0.1, -0.05) is 6.07 Å². The van der Waals surface area contributed by atoms with Gasteiger partial charge in [-0.15, -0.1) is 12.4 Å². The van der Waals surface area contributed by atoms with Crippen molar-refractivity contribution >= 4 is 18.4 Å². The maximum absolute atomic E-state index is 11.0. The predicted molar refractivity (Wildman–Crippen MR) is 84.1 cm³/mol. The number of benzene rings is 1. The Morgan fingerprint density at radius 2 is 2.00 bits per heavy atom. The minimum absolute atomic E-state index is 0. The average Bonchev–Trinajstić information content (AvgIpc) is 2.47. The van der Waals surface area contributed by atoms with Gasteiger partial charge in [0, 0.05) is 13.0 Å². The van der Waals surface area contributed by atoms with Crippen molar-refractivity contribution in [1.82, 2.24) is 5.32 Å². The van der Waals surface area contributed by atoms with E-state index in [4.69, 9.17) is 15.2 Å². The number of methoxy groups -OCH3 is 1. The number of nitrogens with one attached hydrogen (secondary N) is 1. The van der Waals surface area contributed by atoms with Crippen LogP contribution in [0.4, 0.5) is 0 Å². The number of carbonyl (C=O) groups is 1. The van der Waals surface area contributed by atoms with Crippen molar-refractivity contribution in [3.05, 3.63) is 23.8 Å². The molecule has 1 atom stereocenters. The quantitative estimate of drug-likeness (QED) is 0.657. The van der Waals surface area contributed by atoms with Gasteiger partial charge in [0.15, 0.2) is 11.5 Å². The lowest BCUT2D eigenvalue weighted by molar-refractivity contribution is -0.132. The second-order valence-electron chi connectivity index (χ2n) is 5.12. The lowest BCUT2D eigenvalue weighted by Crippen LogP contribution is -2.33. The van der Waals surface area contributed by atoms with Gasteiger partial charge in [-0.25, -0.2) is 0 Å². The van der Waals surface area contributed by atoms with E-state index in [1.807, 2.05) is 12.1 Å². The highest BCUT2D eigenvalue weighted by Crippen LogP contribution is 2.33. The molecule has 1 fully saturated rings. The lowest BCUT2D eigenvalue weighted by Gasteiger charge is -2.28. The van der Waals surface area contributed by atoms with Crippen LogP contribution in [0.3, 0.4) is 0 Å². The predicted octanol–water partition coefficient (Wildman–Crippen LogP) is 2.04. The van der Waals surface area contributed by atoms with Crippen LogP contribution in [0.25, 0.3) is 0 Å². The number of hydrogen-bond acceptors (Lipinski definition) is 5. The van der Waals surface area contributed by atoms with Crippen molar-refractivity contribution in [3.8, 4) is 11.5 Å². The second-order valence-corrected chi connectivity index (χ2v) is 5.12. The molecule has 0 spiro atoms. The van der Waals surface area contributed by atoms with Crippen molar-refractivity contribution < 1.29 is 14.3 Å². The molecule has 0 radical (unpaired) electrons. The molecule has 6 heteroatoms. The summed E-state index contributed by atoms with van der Waals surface area (Å²) in [5.41, 5.74) is 7.37. The zero-order valence-corrected chi connectivity index (χ0v) is 13.2. The molecule has 2 rings (SSSR count). The molecule has 5 nitrogen and oxygen atoms in total. The first-order valence-electron chi connectivity index (χ1n) is 6.94. The molecule has 3 N–H and O–H groups in total. The van der Waals surface area contributed by atoms with Crippen molar-refractivity contribution in [2.45, 2.75) is 25.8 Å². The Morgan fingerprint density at radius 1 is 1.33 bits per heavy atom. The first-order chi connectivity index (χ1) is 9.61. The second kappa shape index (κ2) is 8.22. The number of hydrogen-bond donors (Lipinski definition) is 2. The molecule has 0 aromatic heterocycles. The van der Waals surface area contributed by atoms with Crippen LogP contribution in [0.5, 0.6) is 11.5 Å². The normalized spacial score (nSPS) is 16.7. The fraction of sp³-hybridized carbons (Fsp3) is 0.533. The number of esters is 1. The summed E-state index contributed by atoms with van der Waals surface area (Å²) in [6.45, 7) is 3.40. The van der Waals surface area contributed by atoms with E-state index in [0.29, 0.717) is 17.4 Å². The zero-order chi connectivity index (χ0) is 14.5. The molecule has 0 bridgehead atoms. The Bertz CT molecular complexity index is 476. The molecular weight excluding hydrogens is 292 g/mol. The van der Waals surface area contributed by atoms with Crippen LogP contribution in [-0.4, -0.2) is 26.2 Å². The van der Waals surface area contributed by atoms with E-state index in [1.165, 1.54) is 6.92 Å². The minimum Gasteiger partial charge on any atom is -0.493 e. The number of piperidine rings is 1. The van der Waals surface area contributed by atoms with Gasteiger partial charge >= 0.3 is 5.97 Å². The SMILES string of the molecule is COc1cc([C@H](N)C2CCNCC2)ccc1OC(C)=O.Cl. The van der Waals surface area contributed by atoms with Gasteiger partial charge in [-0.05, 0) is 49.5 Å². The Kier molecular flexibility index (Phi) is 6.95. The van der Waals surface area contributed by atoms with Crippen molar-refractivity contribution in [1.29, 1.82) is 0 Å². The lowest BCUT2D eigenvalue weighted by atomic mass is 9.86. The number of carbonyl (C=O) groups excluding carboxylic acids is 1. The van der Waals surface area contributed by atoms with Crippen molar-refractivity contribution in [2.24, 2.45) is 11.7 Å². The van der Waals surface area contributed by atoms with Crippen molar-refractivity contribution in [2.75, 3.05) is 20.2 Å². The molecule has 118 valence electrons. The van der Waals surface area contributed by atoms with E-state index < -0.39 is 0 Å². The Morgan fingerprint density at radius 3 is 2.57 bits per heavy atom. The van der Waals surface area contributed by atoms with Gasteiger partial charge in [-0.3, -0.25) is 4.79 Å². The fourth-order valence-corrected chi connectivity index (χ4v) is 2.61. The van der Waals surface area contributed by atoms with E-state index in [-0.39, 0.29) is 24.4 Å². The standard InChI is InChI=1S/C15H22N2O3.ClH/c1-10(18)20-13-4-3-12(9-14(13)19-2)15(16)11-5-7-17-8-6-11;/h3-4,9,11,15,17H,5-8,16H2,1-2H3;1H/t15-;/m1./s1. The summed E-state index contributed by atoms with van der Waals surface area (Å²) in [4.78, 5) is 11.0. The molecule has 1 aromatic rings. The Hall–Kier alpha value is -1.30. The summed E-state index contributed by atoms with van der Waals surface area (Å²) in [6, 6.07) is 5.51. The molecule has 1 heterocycles. The maximum atomic E-state index is 11.0. The molecule has 0 amide bonds. The molecule has 0 saturated carbocycles. The highest BCUT2D eigenvalue weighted by molar-refractivity contribution is 5.85. The Labute approximate surface area is 131 Å². The van der Waals surface area contributed by atoms with Gasteiger partial charge < -0.3 is 20.5 Å². The molecule has 1 aliphatic heterocycles. The van der Waals surface area contributed by atoms with Gasteiger partial charge in [0.1, 0.15) is 0 Å². The first-order valence-corrected chi connectivity index (χ1v) is 6.94. The number of nitrogens with two attached hydrogens (primary N) is 1. The maximum Gasteiger partial charge on any atom is 0.308 e. The molecule has 1 saturated heterocycles. The summed E-state index contributed by atoms with van der Waals surface area (Å²) >= 11 is 0. The molecule has 0 aliphatic carbocycles. The Balaban J connectivity index is 0.00000220. The summed E-state index contributed by atoms with van der Waals surface area (Å²) in [5.74, 6) is 1.09. The highest BCUT2D eigenvalue weighted by atomic mass is 35.5. The zero-order valence-electron chi connectivity index (χ0n) is 12.4. The molecule has 21 heavy (non-hydrogen) atoms. The van der Waals surface area contributed by atoms with Crippen LogP contribution >= 0.6 is 12.4 Å². The first kappa shape index (κ1) is 17.8. The largest absolute Gasteiger partial charge is 0.493 e. The van der Waals surface area contributed by atoms with Crippen LogP contribution < -0.4 is 20.5 Å². The van der Waals surface area contributed by atoms with Gasteiger partial charge in [0.25, 0.3) is 0 Å². The van der Waals surface area contributed by atoms with Crippen LogP contribution in [0.2, 0.25) is 0 Å². The molecule has 0 unspecified atom stereocenters. The third-order valence-corrected chi connectivity index (χ3v) is 3.72. The number of ether oxygens (including phenoxy) is 2. The minimum atomic E-state index is -0.362. The van der Waals surface area contributed by atoms with Crippen LogP contribution in [0.1, 0.15) is 31.4 Å².